The first-order chi connectivity index (χ1) is 7.65. The van der Waals surface area contributed by atoms with Gasteiger partial charge in [0.2, 0.25) is 0 Å². The lowest BCUT2D eigenvalue weighted by Crippen LogP contribution is -1.99. The highest BCUT2D eigenvalue weighted by Crippen LogP contribution is 2.08. The van der Waals surface area contributed by atoms with E-state index < -0.39 is 5.97 Å². The number of carboxylic acids is 1. The van der Waals surface area contributed by atoms with Crippen molar-refractivity contribution in [2.45, 2.75) is 6.92 Å². The fourth-order valence-electron chi connectivity index (χ4n) is 1.17. The SMILES string of the molecule is CC(C=Cc1ccccc1)=C(C#N)C(=O)O. The van der Waals surface area contributed by atoms with Gasteiger partial charge in [-0.15, -0.1) is 0 Å². The summed E-state index contributed by atoms with van der Waals surface area (Å²) in [7, 11) is 0. The maximum absolute atomic E-state index is 10.7. The summed E-state index contributed by atoms with van der Waals surface area (Å²) in [5.74, 6) is -1.20. The molecule has 0 saturated heterocycles. The summed E-state index contributed by atoms with van der Waals surface area (Å²) in [5, 5.41) is 17.4. The van der Waals surface area contributed by atoms with E-state index in [9.17, 15) is 4.79 Å². The molecule has 3 nitrogen and oxygen atoms in total. The molecule has 0 atom stereocenters. The summed E-state index contributed by atoms with van der Waals surface area (Å²) in [6, 6.07) is 11.1. The Kier molecular flexibility index (Phi) is 4.05. The summed E-state index contributed by atoms with van der Waals surface area (Å²) < 4.78 is 0. The van der Waals surface area contributed by atoms with E-state index in [2.05, 4.69) is 0 Å². The van der Waals surface area contributed by atoms with Crippen LogP contribution in [0.15, 0.2) is 47.6 Å². The van der Waals surface area contributed by atoms with Gasteiger partial charge in [0.25, 0.3) is 0 Å². The van der Waals surface area contributed by atoms with Crippen LogP contribution in [0.5, 0.6) is 0 Å². The molecule has 16 heavy (non-hydrogen) atoms. The van der Waals surface area contributed by atoms with Gasteiger partial charge >= 0.3 is 5.97 Å². The first-order valence-electron chi connectivity index (χ1n) is 4.72. The third kappa shape index (κ3) is 3.10. The molecule has 0 fully saturated rings. The quantitative estimate of drug-likeness (QED) is 0.477. The first kappa shape index (κ1) is 11.7. The number of aliphatic carboxylic acids is 1. The molecule has 0 spiro atoms. The van der Waals surface area contributed by atoms with Gasteiger partial charge in [0.1, 0.15) is 11.6 Å². The lowest BCUT2D eigenvalue weighted by Gasteiger charge is -1.95. The van der Waals surface area contributed by atoms with Crippen LogP contribution in [0.25, 0.3) is 6.08 Å². The number of nitriles is 1. The molecule has 80 valence electrons. The van der Waals surface area contributed by atoms with Crippen molar-refractivity contribution in [2.75, 3.05) is 0 Å². The Morgan fingerprint density at radius 1 is 1.38 bits per heavy atom. The molecule has 0 radical (unpaired) electrons. The van der Waals surface area contributed by atoms with Crippen molar-refractivity contribution in [2.24, 2.45) is 0 Å². The Morgan fingerprint density at radius 3 is 2.50 bits per heavy atom. The molecule has 0 aliphatic heterocycles. The third-order valence-corrected chi connectivity index (χ3v) is 2.05. The van der Waals surface area contributed by atoms with Gasteiger partial charge in [0.05, 0.1) is 0 Å². The number of nitrogens with zero attached hydrogens (tertiary/aromatic N) is 1. The Labute approximate surface area is 94.0 Å². The number of hydrogen-bond acceptors (Lipinski definition) is 2. The second kappa shape index (κ2) is 5.52. The molecule has 1 N–H and O–H groups in total. The van der Waals surface area contributed by atoms with E-state index in [0.29, 0.717) is 5.57 Å². The van der Waals surface area contributed by atoms with Crippen molar-refractivity contribution in [3.05, 3.63) is 53.1 Å². The van der Waals surface area contributed by atoms with E-state index in [1.807, 2.05) is 30.3 Å². The Hall–Kier alpha value is -2.34. The maximum Gasteiger partial charge on any atom is 0.346 e. The van der Waals surface area contributed by atoms with Crippen LogP contribution in [0, 0.1) is 11.3 Å². The molecule has 0 aliphatic rings. The number of hydrogen-bond donors (Lipinski definition) is 1. The number of rotatable bonds is 3. The molecule has 0 heterocycles. The van der Waals surface area contributed by atoms with E-state index in [-0.39, 0.29) is 5.57 Å². The fourth-order valence-corrected chi connectivity index (χ4v) is 1.17. The van der Waals surface area contributed by atoms with Crippen molar-refractivity contribution in [3.8, 4) is 6.07 Å². The molecule has 0 aromatic heterocycles. The zero-order chi connectivity index (χ0) is 12.0. The van der Waals surface area contributed by atoms with Crippen molar-refractivity contribution >= 4 is 12.0 Å². The lowest BCUT2D eigenvalue weighted by atomic mass is 10.1. The van der Waals surface area contributed by atoms with Crippen LogP contribution >= 0.6 is 0 Å². The minimum Gasteiger partial charge on any atom is -0.477 e. The van der Waals surface area contributed by atoms with E-state index >= 15 is 0 Å². The van der Waals surface area contributed by atoms with Crippen molar-refractivity contribution < 1.29 is 9.90 Å². The molecule has 0 bridgehead atoms. The van der Waals surface area contributed by atoms with Gasteiger partial charge in [-0.25, -0.2) is 4.79 Å². The Morgan fingerprint density at radius 2 is 2.00 bits per heavy atom. The molecular weight excluding hydrogens is 202 g/mol. The van der Waals surface area contributed by atoms with Crippen LogP contribution < -0.4 is 0 Å². The molecule has 0 amide bonds. The smallest absolute Gasteiger partial charge is 0.346 e. The summed E-state index contributed by atoms with van der Waals surface area (Å²) >= 11 is 0. The predicted molar refractivity (Wildman–Crippen MR) is 61.4 cm³/mol. The van der Waals surface area contributed by atoms with Crippen LogP contribution in [-0.2, 0) is 4.79 Å². The Bertz CT molecular complexity index is 478. The molecule has 0 unspecified atom stereocenters. The van der Waals surface area contributed by atoms with E-state index in [0.717, 1.165) is 5.56 Å². The molecule has 1 aromatic rings. The Balaban J connectivity index is 2.94. The third-order valence-electron chi connectivity index (χ3n) is 2.05. The van der Waals surface area contributed by atoms with Crippen LogP contribution in [-0.4, -0.2) is 11.1 Å². The van der Waals surface area contributed by atoms with Gasteiger partial charge in [0, 0.05) is 0 Å². The molecule has 1 aromatic carbocycles. The van der Waals surface area contributed by atoms with Gasteiger partial charge in [0.15, 0.2) is 0 Å². The van der Waals surface area contributed by atoms with Gasteiger partial charge in [-0.2, -0.15) is 5.26 Å². The number of benzene rings is 1. The fraction of sp³-hybridized carbons (Fsp3) is 0.0769. The maximum atomic E-state index is 10.7. The van der Waals surface area contributed by atoms with E-state index in [1.54, 1.807) is 25.1 Å². The van der Waals surface area contributed by atoms with E-state index in [1.165, 1.54) is 0 Å². The second-order valence-corrected chi connectivity index (χ2v) is 3.22. The van der Waals surface area contributed by atoms with Crippen molar-refractivity contribution in [1.82, 2.24) is 0 Å². The lowest BCUT2D eigenvalue weighted by molar-refractivity contribution is -0.132. The summed E-state index contributed by atoms with van der Waals surface area (Å²) in [6.45, 7) is 1.60. The number of allylic oxidation sites excluding steroid dienone is 2. The highest BCUT2D eigenvalue weighted by atomic mass is 16.4. The highest BCUT2D eigenvalue weighted by molar-refractivity contribution is 5.92. The van der Waals surface area contributed by atoms with Crippen molar-refractivity contribution in [1.29, 1.82) is 5.26 Å². The summed E-state index contributed by atoms with van der Waals surface area (Å²) in [5.41, 5.74) is 1.18. The topological polar surface area (TPSA) is 61.1 Å². The molecule has 0 aliphatic carbocycles. The average Bonchev–Trinajstić information content (AvgIpc) is 2.28. The summed E-state index contributed by atoms with van der Waals surface area (Å²) in [4.78, 5) is 10.7. The zero-order valence-corrected chi connectivity index (χ0v) is 8.84. The molecule has 0 saturated carbocycles. The average molecular weight is 213 g/mol. The molecule has 3 heteroatoms. The zero-order valence-electron chi connectivity index (χ0n) is 8.84. The van der Waals surface area contributed by atoms with Crippen LogP contribution in [0.2, 0.25) is 0 Å². The monoisotopic (exact) mass is 213 g/mol. The van der Waals surface area contributed by atoms with Gasteiger partial charge in [-0.3, -0.25) is 0 Å². The van der Waals surface area contributed by atoms with Crippen molar-refractivity contribution in [3.63, 3.8) is 0 Å². The van der Waals surface area contributed by atoms with E-state index in [4.69, 9.17) is 10.4 Å². The highest BCUT2D eigenvalue weighted by Gasteiger charge is 2.07. The minimum absolute atomic E-state index is 0.229. The largest absolute Gasteiger partial charge is 0.477 e. The molecular formula is C13H11NO2. The van der Waals surface area contributed by atoms with Crippen LogP contribution in [0.1, 0.15) is 12.5 Å². The van der Waals surface area contributed by atoms with Gasteiger partial charge < -0.3 is 5.11 Å². The van der Waals surface area contributed by atoms with Crippen LogP contribution in [0.4, 0.5) is 0 Å². The normalized spacial score (nSPS) is 12.0. The first-order valence-corrected chi connectivity index (χ1v) is 4.72. The second-order valence-electron chi connectivity index (χ2n) is 3.22. The molecule has 1 rings (SSSR count). The standard InChI is InChI=1S/C13H11NO2/c1-10(12(9-14)13(15)16)7-8-11-5-3-2-4-6-11/h2-8H,1H3,(H,15,16). The predicted octanol–water partition coefficient (Wildman–Crippen LogP) is 2.62. The van der Waals surface area contributed by atoms with Crippen LogP contribution in [0.3, 0.4) is 0 Å². The number of carbonyl (C=O) groups is 1. The van der Waals surface area contributed by atoms with Gasteiger partial charge in [-0.1, -0.05) is 42.5 Å². The number of carboxylic acid groups (broad SMARTS) is 1. The summed E-state index contributed by atoms with van der Waals surface area (Å²) in [6.07, 6.45) is 3.40. The minimum atomic E-state index is -1.20. The van der Waals surface area contributed by atoms with Gasteiger partial charge in [-0.05, 0) is 18.1 Å².